The summed E-state index contributed by atoms with van der Waals surface area (Å²) in [5.74, 6) is 0.322. The Labute approximate surface area is 113 Å². The third-order valence-corrected chi connectivity index (χ3v) is 2.69. The first-order valence-corrected chi connectivity index (χ1v) is 6.75. The molecule has 0 amide bonds. The number of hydrogen-bond acceptors (Lipinski definition) is 3. The van der Waals surface area contributed by atoms with Crippen LogP contribution in [0.2, 0.25) is 0 Å². The van der Waals surface area contributed by atoms with Crippen LogP contribution in [-0.2, 0) is 4.79 Å². The van der Waals surface area contributed by atoms with Crippen molar-refractivity contribution in [1.82, 2.24) is 9.80 Å². The topological polar surface area (TPSA) is 23.6 Å². The zero-order valence-electron chi connectivity index (χ0n) is 13.0. The van der Waals surface area contributed by atoms with E-state index in [9.17, 15) is 4.79 Å². The van der Waals surface area contributed by atoms with E-state index in [4.69, 9.17) is 0 Å². The Morgan fingerprint density at radius 2 is 1.78 bits per heavy atom. The highest BCUT2D eigenvalue weighted by Gasteiger charge is 2.17. The Kier molecular flexibility index (Phi) is 7.22. The van der Waals surface area contributed by atoms with Crippen molar-refractivity contribution in [3.05, 3.63) is 12.3 Å². The van der Waals surface area contributed by atoms with Crippen molar-refractivity contribution < 1.29 is 4.79 Å². The molecule has 0 aromatic carbocycles. The van der Waals surface area contributed by atoms with Crippen LogP contribution < -0.4 is 0 Å². The Morgan fingerprint density at radius 3 is 2.17 bits per heavy atom. The van der Waals surface area contributed by atoms with Gasteiger partial charge in [-0.25, -0.2) is 0 Å². The Hall–Kier alpha value is -0.830. The molecule has 0 fully saturated rings. The molecule has 0 aliphatic carbocycles. The smallest absolute Gasteiger partial charge is 0.134 e. The molecule has 0 aromatic heterocycles. The number of nitrogens with zero attached hydrogens (tertiary/aromatic N) is 2. The predicted octanol–water partition coefficient (Wildman–Crippen LogP) is 3.13. The lowest BCUT2D eigenvalue weighted by Gasteiger charge is -2.32. The molecule has 3 nitrogen and oxygen atoms in total. The van der Waals surface area contributed by atoms with Crippen molar-refractivity contribution in [2.75, 3.05) is 27.3 Å². The first kappa shape index (κ1) is 17.2. The van der Waals surface area contributed by atoms with Crippen molar-refractivity contribution in [3.63, 3.8) is 0 Å². The maximum absolute atomic E-state index is 11.4. The van der Waals surface area contributed by atoms with Crippen molar-refractivity contribution in [2.24, 2.45) is 5.41 Å². The maximum Gasteiger partial charge on any atom is 0.134 e. The minimum Gasteiger partial charge on any atom is -0.362 e. The zero-order valence-corrected chi connectivity index (χ0v) is 13.0. The normalized spacial score (nSPS) is 11.7. The molecule has 106 valence electrons. The molecule has 0 bridgehead atoms. The van der Waals surface area contributed by atoms with Crippen LogP contribution in [-0.4, -0.2) is 42.9 Å². The number of allylic oxidation sites excluding steroid dienone is 1. The van der Waals surface area contributed by atoms with Gasteiger partial charge in [-0.3, -0.25) is 9.69 Å². The number of carbonyl (C=O) groups excluding carboxylic acids is 1. The summed E-state index contributed by atoms with van der Waals surface area (Å²) in [4.78, 5) is 15.8. The van der Waals surface area contributed by atoms with E-state index in [1.165, 1.54) is 0 Å². The maximum atomic E-state index is 11.4. The van der Waals surface area contributed by atoms with E-state index in [1.54, 1.807) is 0 Å². The second-order valence-electron chi connectivity index (χ2n) is 6.43. The van der Waals surface area contributed by atoms with E-state index in [0.29, 0.717) is 18.6 Å². The average Bonchev–Trinajstić information content (AvgIpc) is 2.20. The Morgan fingerprint density at radius 1 is 1.22 bits per heavy atom. The second kappa shape index (κ2) is 7.57. The van der Waals surface area contributed by atoms with Crippen LogP contribution in [0.15, 0.2) is 12.3 Å². The van der Waals surface area contributed by atoms with Gasteiger partial charge < -0.3 is 4.90 Å². The quantitative estimate of drug-likeness (QED) is 0.622. The summed E-state index contributed by atoms with van der Waals surface area (Å²) < 4.78 is 0. The van der Waals surface area contributed by atoms with Gasteiger partial charge >= 0.3 is 0 Å². The van der Waals surface area contributed by atoms with Crippen LogP contribution in [0.5, 0.6) is 0 Å². The summed E-state index contributed by atoms with van der Waals surface area (Å²) in [5, 5.41) is 0. The van der Waals surface area contributed by atoms with Crippen LogP contribution in [0, 0.1) is 5.41 Å². The molecule has 0 N–H and O–H groups in total. The average molecular weight is 254 g/mol. The van der Waals surface area contributed by atoms with E-state index in [2.05, 4.69) is 37.1 Å². The third kappa shape index (κ3) is 8.29. The third-order valence-electron chi connectivity index (χ3n) is 2.69. The van der Waals surface area contributed by atoms with Crippen LogP contribution in [0.1, 0.15) is 47.0 Å². The molecule has 0 saturated heterocycles. The highest BCUT2D eigenvalue weighted by atomic mass is 16.1. The molecule has 0 heterocycles. The monoisotopic (exact) mass is 254 g/mol. The highest BCUT2D eigenvalue weighted by molar-refractivity contribution is 5.78. The lowest BCUT2D eigenvalue weighted by molar-refractivity contribution is -0.119. The first-order chi connectivity index (χ1) is 8.15. The van der Waals surface area contributed by atoms with Gasteiger partial charge in [0.25, 0.3) is 0 Å². The lowest BCUT2D eigenvalue weighted by atomic mass is 9.90. The fourth-order valence-electron chi connectivity index (χ4n) is 1.83. The molecule has 0 aliphatic heterocycles. The molecule has 18 heavy (non-hydrogen) atoms. The summed E-state index contributed by atoms with van der Waals surface area (Å²) in [6, 6.07) is 0. The molecule has 0 atom stereocenters. The van der Waals surface area contributed by atoms with Gasteiger partial charge in [0.15, 0.2) is 0 Å². The highest BCUT2D eigenvalue weighted by Crippen LogP contribution is 2.25. The van der Waals surface area contributed by atoms with Gasteiger partial charge in [-0.05, 0) is 25.9 Å². The molecule has 0 radical (unpaired) electrons. The summed E-state index contributed by atoms with van der Waals surface area (Å²) in [6.45, 7) is 14.3. The predicted molar refractivity (Wildman–Crippen MR) is 78.4 cm³/mol. The van der Waals surface area contributed by atoms with Crippen molar-refractivity contribution in [2.45, 2.75) is 47.0 Å². The van der Waals surface area contributed by atoms with Crippen molar-refractivity contribution >= 4 is 5.78 Å². The second-order valence-corrected chi connectivity index (χ2v) is 6.43. The number of Topliss-reactive ketones (excluding diaryl/α,β-unsaturated/α-hetero) is 1. The van der Waals surface area contributed by atoms with Crippen LogP contribution >= 0.6 is 0 Å². The number of ketones is 1. The molecular weight excluding hydrogens is 224 g/mol. The first-order valence-electron chi connectivity index (χ1n) is 6.75. The summed E-state index contributed by atoms with van der Waals surface area (Å²) in [6.07, 6.45) is 2.20. The fraction of sp³-hybridized carbons (Fsp3) is 0.800. The SMILES string of the molecule is C=C(CC(C)(C)C)N(CCC(=O)CC)CN(C)C. The van der Waals surface area contributed by atoms with Gasteiger partial charge in [-0.15, -0.1) is 0 Å². The number of carbonyl (C=O) groups is 1. The number of hydrogen-bond donors (Lipinski definition) is 0. The van der Waals surface area contributed by atoms with Crippen molar-refractivity contribution in [1.29, 1.82) is 0 Å². The van der Waals surface area contributed by atoms with Gasteiger partial charge in [-0.1, -0.05) is 34.3 Å². The summed E-state index contributed by atoms with van der Waals surface area (Å²) in [7, 11) is 4.08. The van der Waals surface area contributed by atoms with Crippen LogP contribution in [0.3, 0.4) is 0 Å². The zero-order chi connectivity index (χ0) is 14.3. The minimum absolute atomic E-state index is 0.233. The van der Waals surface area contributed by atoms with E-state index < -0.39 is 0 Å². The molecule has 0 aromatic rings. The van der Waals surface area contributed by atoms with Gasteiger partial charge in [0, 0.05) is 25.1 Å². The Bertz CT molecular complexity index is 277. The number of rotatable bonds is 8. The molecule has 0 rings (SSSR count). The van der Waals surface area contributed by atoms with E-state index in [-0.39, 0.29) is 5.41 Å². The molecular formula is C15H30N2O. The van der Waals surface area contributed by atoms with Gasteiger partial charge in [0.2, 0.25) is 0 Å². The molecule has 0 aliphatic rings. The van der Waals surface area contributed by atoms with Gasteiger partial charge in [0.1, 0.15) is 5.78 Å². The fourth-order valence-corrected chi connectivity index (χ4v) is 1.83. The summed E-state index contributed by atoms with van der Waals surface area (Å²) in [5.41, 5.74) is 1.36. The van der Waals surface area contributed by atoms with Gasteiger partial charge in [-0.2, -0.15) is 0 Å². The van der Waals surface area contributed by atoms with Crippen LogP contribution in [0.4, 0.5) is 0 Å². The molecule has 0 saturated carbocycles. The standard InChI is InChI=1S/C15H30N2O/c1-8-14(18)9-10-17(12-16(6)7)13(2)11-15(3,4)5/h2,8-12H2,1,3-7H3. The molecule has 0 spiro atoms. The van der Waals surface area contributed by atoms with E-state index in [1.807, 2.05) is 21.0 Å². The van der Waals surface area contributed by atoms with E-state index >= 15 is 0 Å². The van der Waals surface area contributed by atoms with Gasteiger partial charge in [0.05, 0.1) is 6.67 Å². The summed E-state index contributed by atoms with van der Waals surface area (Å²) >= 11 is 0. The Balaban J connectivity index is 4.47. The molecule has 3 heteroatoms. The van der Waals surface area contributed by atoms with E-state index in [0.717, 1.165) is 25.3 Å². The van der Waals surface area contributed by atoms with Crippen LogP contribution in [0.25, 0.3) is 0 Å². The van der Waals surface area contributed by atoms with Crippen molar-refractivity contribution in [3.8, 4) is 0 Å². The minimum atomic E-state index is 0.233. The largest absolute Gasteiger partial charge is 0.362 e. The lowest BCUT2D eigenvalue weighted by Crippen LogP contribution is -2.35. The molecule has 0 unspecified atom stereocenters.